The molecule has 0 aliphatic rings. The van der Waals surface area contributed by atoms with Crippen LogP contribution in [0.15, 0.2) is 42.6 Å². The molecule has 0 aliphatic carbocycles. The van der Waals surface area contributed by atoms with E-state index in [1.165, 1.54) is 13.3 Å². The topological polar surface area (TPSA) is 94.3 Å². The first kappa shape index (κ1) is 14.5. The molecule has 0 saturated carbocycles. The number of aromatic nitrogens is 1. The summed E-state index contributed by atoms with van der Waals surface area (Å²) in [5.41, 5.74) is 7.52. The Morgan fingerprint density at radius 1 is 1.24 bits per heavy atom. The maximum atomic E-state index is 11.9. The van der Waals surface area contributed by atoms with Crippen LogP contribution in [0.4, 0.5) is 5.69 Å². The van der Waals surface area contributed by atoms with Crippen LogP contribution in [-0.4, -0.2) is 24.0 Å². The van der Waals surface area contributed by atoms with Crippen LogP contribution in [-0.2, 0) is 11.3 Å². The number of esters is 1. The molecular weight excluding hydrogens is 270 g/mol. The Morgan fingerprint density at radius 3 is 2.57 bits per heavy atom. The summed E-state index contributed by atoms with van der Waals surface area (Å²) >= 11 is 0. The fourth-order valence-electron chi connectivity index (χ4n) is 1.75. The summed E-state index contributed by atoms with van der Waals surface area (Å²) in [6.45, 7) is 0.316. The minimum Gasteiger partial charge on any atom is -0.465 e. The molecule has 6 heteroatoms. The molecule has 0 aliphatic heterocycles. The van der Waals surface area contributed by atoms with E-state index >= 15 is 0 Å². The number of ether oxygens (including phenoxy) is 1. The van der Waals surface area contributed by atoms with Gasteiger partial charge in [0.25, 0.3) is 5.91 Å². The van der Waals surface area contributed by atoms with Gasteiger partial charge in [-0.15, -0.1) is 0 Å². The molecule has 108 valence electrons. The zero-order chi connectivity index (χ0) is 15.2. The number of hydrogen-bond donors (Lipinski definition) is 2. The number of nitrogens with zero attached hydrogens (tertiary/aromatic N) is 1. The molecule has 1 aromatic heterocycles. The summed E-state index contributed by atoms with van der Waals surface area (Å²) in [5.74, 6) is -0.739. The third-order valence-electron chi connectivity index (χ3n) is 2.88. The number of hydrogen-bond acceptors (Lipinski definition) is 5. The third kappa shape index (κ3) is 3.56. The Bertz CT molecular complexity index is 653. The highest BCUT2D eigenvalue weighted by Crippen LogP contribution is 2.08. The van der Waals surface area contributed by atoms with Crippen LogP contribution in [0.5, 0.6) is 0 Å². The monoisotopic (exact) mass is 285 g/mol. The summed E-state index contributed by atoms with van der Waals surface area (Å²) in [7, 11) is 1.33. The van der Waals surface area contributed by atoms with E-state index in [0.29, 0.717) is 17.8 Å². The van der Waals surface area contributed by atoms with Gasteiger partial charge in [0.2, 0.25) is 0 Å². The summed E-state index contributed by atoms with van der Waals surface area (Å²) in [4.78, 5) is 27.2. The fraction of sp³-hybridized carbons (Fsp3) is 0.133. The number of rotatable bonds is 4. The SMILES string of the molecule is COC(=O)c1ccc(CNC(=O)c2ncccc2N)cc1. The lowest BCUT2D eigenvalue weighted by Gasteiger charge is -2.07. The lowest BCUT2D eigenvalue weighted by atomic mass is 10.1. The number of nitrogens with two attached hydrogens (primary N) is 1. The van der Waals surface area contributed by atoms with Crippen LogP contribution in [0.1, 0.15) is 26.4 Å². The Kier molecular flexibility index (Phi) is 4.50. The Balaban J connectivity index is 1.99. The standard InChI is InChI=1S/C15H15N3O3/c1-21-15(20)11-6-4-10(5-7-11)9-18-14(19)13-12(16)3-2-8-17-13/h2-8H,9,16H2,1H3,(H,18,19). The van der Waals surface area contributed by atoms with Crippen molar-refractivity contribution in [1.29, 1.82) is 0 Å². The van der Waals surface area contributed by atoms with E-state index in [0.717, 1.165) is 5.56 Å². The second-order valence-corrected chi connectivity index (χ2v) is 4.31. The first-order valence-corrected chi connectivity index (χ1v) is 6.27. The molecule has 21 heavy (non-hydrogen) atoms. The predicted molar refractivity (Wildman–Crippen MR) is 77.6 cm³/mol. The van der Waals surface area contributed by atoms with Crippen molar-refractivity contribution in [3.05, 3.63) is 59.4 Å². The molecule has 1 heterocycles. The maximum absolute atomic E-state index is 11.9. The average molecular weight is 285 g/mol. The number of carbonyl (C=O) groups is 2. The third-order valence-corrected chi connectivity index (χ3v) is 2.88. The number of methoxy groups -OCH3 is 1. The summed E-state index contributed by atoms with van der Waals surface area (Å²) in [6.07, 6.45) is 1.51. The van der Waals surface area contributed by atoms with Crippen molar-refractivity contribution in [2.75, 3.05) is 12.8 Å². The molecule has 1 aromatic carbocycles. The highest BCUT2D eigenvalue weighted by molar-refractivity contribution is 5.97. The smallest absolute Gasteiger partial charge is 0.337 e. The van der Waals surface area contributed by atoms with Gasteiger partial charge in [0.05, 0.1) is 18.4 Å². The van der Waals surface area contributed by atoms with Crippen LogP contribution in [0, 0.1) is 0 Å². The summed E-state index contributed by atoms with van der Waals surface area (Å²) in [6, 6.07) is 10.1. The van der Waals surface area contributed by atoms with Crippen LogP contribution < -0.4 is 11.1 Å². The van der Waals surface area contributed by atoms with Gasteiger partial charge in [-0.1, -0.05) is 12.1 Å². The van der Waals surface area contributed by atoms with E-state index in [4.69, 9.17) is 5.73 Å². The van der Waals surface area contributed by atoms with E-state index < -0.39 is 5.97 Å². The quantitative estimate of drug-likeness (QED) is 0.828. The average Bonchev–Trinajstić information content (AvgIpc) is 2.52. The van der Waals surface area contributed by atoms with Crippen molar-refractivity contribution in [3.63, 3.8) is 0 Å². The predicted octanol–water partition coefficient (Wildman–Crippen LogP) is 1.38. The minimum atomic E-state index is -0.396. The fourth-order valence-corrected chi connectivity index (χ4v) is 1.75. The molecular formula is C15H15N3O3. The van der Waals surface area contributed by atoms with Gasteiger partial charge in [-0.25, -0.2) is 9.78 Å². The van der Waals surface area contributed by atoms with Crippen LogP contribution >= 0.6 is 0 Å². The van der Waals surface area contributed by atoms with E-state index in [-0.39, 0.29) is 11.6 Å². The van der Waals surface area contributed by atoms with Gasteiger partial charge in [0.15, 0.2) is 5.69 Å². The van der Waals surface area contributed by atoms with E-state index in [9.17, 15) is 9.59 Å². The van der Waals surface area contributed by atoms with Crippen molar-refractivity contribution < 1.29 is 14.3 Å². The van der Waals surface area contributed by atoms with Gasteiger partial charge >= 0.3 is 5.97 Å². The first-order valence-electron chi connectivity index (χ1n) is 6.27. The van der Waals surface area contributed by atoms with Gasteiger partial charge in [-0.2, -0.15) is 0 Å². The number of anilines is 1. The van der Waals surface area contributed by atoms with Crippen molar-refractivity contribution in [1.82, 2.24) is 10.3 Å². The summed E-state index contributed by atoms with van der Waals surface area (Å²) in [5, 5.41) is 2.72. The van der Waals surface area contributed by atoms with Crippen LogP contribution in [0.25, 0.3) is 0 Å². The molecule has 0 spiro atoms. The Morgan fingerprint density at radius 2 is 1.95 bits per heavy atom. The highest BCUT2D eigenvalue weighted by atomic mass is 16.5. The maximum Gasteiger partial charge on any atom is 0.337 e. The molecule has 2 rings (SSSR count). The molecule has 1 amide bonds. The zero-order valence-corrected chi connectivity index (χ0v) is 11.5. The van der Waals surface area contributed by atoms with Crippen molar-refractivity contribution in [2.24, 2.45) is 0 Å². The molecule has 0 saturated heterocycles. The second kappa shape index (κ2) is 6.51. The molecule has 3 N–H and O–H groups in total. The van der Waals surface area contributed by atoms with E-state index in [2.05, 4.69) is 15.0 Å². The number of carbonyl (C=O) groups excluding carboxylic acids is 2. The molecule has 0 atom stereocenters. The second-order valence-electron chi connectivity index (χ2n) is 4.31. The number of pyridine rings is 1. The molecule has 0 radical (unpaired) electrons. The first-order chi connectivity index (χ1) is 10.1. The number of nitrogens with one attached hydrogen (secondary N) is 1. The summed E-state index contributed by atoms with van der Waals surface area (Å²) < 4.78 is 4.61. The molecule has 0 bridgehead atoms. The normalized spacial score (nSPS) is 9.95. The number of nitrogen functional groups attached to an aromatic ring is 1. The zero-order valence-electron chi connectivity index (χ0n) is 11.5. The molecule has 0 fully saturated rings. The largest absolute Gasteiger partial charge is 0.465 e. The van der Waals surface area contributed by atoms with E-state index in [1.54, 1.807) is 36.4 Å². The number of benzene rings is 1. The van der Waals surface area contributed by atoms with Crippen molar-refractivity contribution in [2.45, 2.75) is 6.54 Å². The molecule has 2 aromatic rings. The Hall–Kier alpha value is -2.89. The van der Waals surface area contributed by atoms with Gasteiger partial charge in [-0.05, 0) is 29.8 Å². The van der Waals surface area contributed by atoms with Crippen LogP contribution in [0.3, 0.4) is 0 Å². The lowest BCUT2D eigenvalue weighted by molar-refractivity contribution is 0.0600. The molecule has 0 unspecified atom stereocenters. The minimum absolute atomic E-state index is 0.198. The highest BCUT2D eigenvalue weighted by Gasteiger charge is 2.10. The van der Waals surface area contributed by atoms with Crippen molar-refractivity contribution in [3.8, 4) is 0 Å². The van der Waals surface area contributed by atoms with Gasteiger partial charge < -0.3 is 15.8 Å². The Labute approximate surface area is 121 Å². The van der Waals surface area contributed by atoms with Gasteiger partial charge in [0, 0.05) is 12.7 Å². The lowest BCUT2D eigenvalue weighted by Crippen LogP contribution is -2.24. The van der Waals surface area contributed by atoms with Crippen molar-refractivity contribution >= 4 is 17.6 Å². The van der Waals surface area contributed by atoms with Crippen LogP contribution in [0.2, 0.25) is 0 Å². The molecule has 6 nitrogen and oxygen atoms in total. The van der Waals surface area contributed by atoms with E-state index in [1.807, 2.05) is 0 Å². The van der Waals surface area contributed by atoms with Gasteiger partial charge in [-0.3, -0.25) is 4.79 Å². The van der Waals surface area contributed by atoms with Gasteiger partial charge in [0.1, 0.15) is 0 Å². The number of amides is 1.